The summed E-state index contributed by atoms with van der Waals surface area (Å²) in [7, 11) is 6.22. The summed E-state index contributed by atoms with van der Waals surface area (Å²) in [6, 6.07) is 13.1. The molecule has 19 heavy (non-hydrogen) atoms. The second-order valence-corrected chi connectivity index (χ2v) is 4.87. The molecule has 3 aromatic carbocycles. The zero-order chi connectivity index (χ0) is 13.1. The van der Waals surface area contributed by atoms with Gasteiger partial charge in [-0.05, 0) is 27.1 Å². The molecule has 1 unspecified atom stereocenters. The second-order valence-electron chi connectivity index (χ2n) is 4.87. The Labute approximate surface area is 111 Å². The van der Waals surface area contributed by atoms with E-state index in [-0.39, 0.29) is 5.78 Å². The number of aliphatic hydroxyl groups excluding tert-OH is 1. The minimum absolute atomic E-state index is 0.234. The zero-order valence-corrected chi connectivity index (χ0v) is 10.1. The molecule has 0 spiro atoms. The van der Waals surface area contributed by atoms with Gasteiger partial charge >= 0.3 is 0 Å². The van der Waals surface area contributed by atoms with Gasteiger partial charge in [0.25, 0.3) is 0 Å². The van der Waals surface area contributed by atoms with Gasteiger partial charge in [-0.3, -0.25) is 4.79 Å². The van der Waals surface area contributed by atoms with E-state index in [9.17, 15) is 9.90 Å². The molecule has 2 radical (unpaired) electrons. The van der Waals surface area contributed by atoms with Crippen molar-refractivity contribution in [2.24, 2.45) is 0 Å². The number of benzene rings is 3. The average molecular weight is 244 g/mol. The van der Waals surface area contributed by atoms with Gasteiger partial charge in [0.05, 0.1) is 0 Å². The maximum absolute atomic E-state index is 12.3. The first kappa shape index (κ1) is 10.8. The lowest BCUT2D eigenvalue weighted by Gasteiger charge is -2.10. The number of carbonyl (C=O) groups is 1. The molecule has 0 saturated carbocycles. The summed E-state index contributed by atoms with van der Waals surface area (Å²) in [6.45, 7) is 0. The molecule has 88 valence electrons. The molecular weight excluding hydrogens is 235 g/mol. The number of hydrogen-bond donors (Lipinski definition) is 1. The monoisotopic (exact) mass is 244 g/mol. The van der Waals surface area contributed by atoms with Crippen molar-refractivity contribution in [2.45, 2.75) is 6.10 Å². The van der Waals surface area contributed by atoms with Gasteiger partial charge < -0.3 is 5.11 Å². The smallest absolute Gasteiger partial charge is 0.197 e. The van der Waals surface area contributed by atoms with Gasteiger partial charge in [0, 0.05) is 5.56 Å². The minimum Gasteiger partial charge on any atom is -0.380 e. The molecule has 1 N–H and O–H groups in total. The van der Waals surface area contributed by atoms with Crippen molar-refractivity contribution in [1.82, 2.24) is 0 Å². The highest BCUT2D eigenvalue weighted by atomic mass is 16.3. The van der Waals surface area contributed by atoms with E-state index in [2.05, 4.69) is 0 Å². The van der Waals surface area contributed by atoms with Crippen molar-refractivity contribution in [1.29, 1.82) is 0 Å². The maximum atomic E-state index is 12.3. The van der Waals surface area contributed by atoms with Crippen LogP contribution in [0, 0.1) is 0 Å². The fourth-order valence-corrected chi connectivity index (χ4v) is 3.05. The van der Waals surface area contributed by atoms with Crippen LogP contribution in [0.1, 0.15) is 22.0 Å². The first-order valence-corrected chi connectivity index (χ1v) is 6.15. The SMILES string of the molecule is [B]c1c2ccccc2c2c3c(cccc13)C(O)C2=O. The fraction of sp³-hybridized carbons (Fsp3) is 0.0625. The van der Waals surface area contributed by atoms with Crippen LogP contribution in [0.5, 0.6) is 0 Å². The molecule has 0 aliphatic heterocycles. The number of fused-ring (bicyclic) bond motifs is 2. The van der Waals surface area contributed by atoms with E-state index in [0.29, 0.717) is 16.6 Å². The van der Waals surface area contributed by atoms with E-state index in [1.165, 1.54) is 0 Å². The second kappa shape index (κ2) is 3.46. The van der Waals surface area contributed by atoms with Crippen molar-refractivity contribution in [2.75, 3.05) is 0 Å². The summed E-state index contributed by atoms with van der Waals surface area (Å²) < 4.78 is 0. The first-order valence-electron chi connectivity index (χ1n) is 6.15. The highest BCUT2D eigenvalue weighted by Gasteiger charge is 2.33. The van der Waals surface area contributed by atoms with Gasteiger partial charge in [0.1, 0.15) is 14.0 Å². The number of Topliss-reactive ketones (excluding diaryl/α,β-unsaturated/α-hetero) is 1. The van der Waals surface area contributed by atoms with Crippen LogP contribution >= 0.6 is 0 Å². The van der Waals surface area contributed by atoms with Crippen LogP contribution in [0.4, 0.5) is 0 Å². The Morgan fingerprint density at radius 1 is 0.947 bits per heavy atom. The van der Waals surface area contributed by atoms with Gasteiger partial charge in [-0.2, -0.15) is 0 Å². The standard InChI is InChI=1S/C16H9BO2/c17-14-9-5-2-1-4-8(9)13-12-10(14)6-3-7-11(12)15(18)16(13)19/h1-7,15,18H. The molecule has 0 aromatic heterocycles. The maximum Gasteiger partial charge on any atom is 0.197 e. The Kier molecular flexibility index (Phi) is 1.96. The molecule has 0 saturated heterocycles. The third-order valence-corrected chi connectivity index (χ3v) is 3.91. The van der Waals surface area contributed by atoms with Crippen molar-refractivity contribution in [3.63, 3.8) is 0 Å². The number of rotatable bonds is 0. The van der Waals surface area contributed by atoms with E-state index >= 15 is 0 Å². The van der Waals surface area contributed by atoms with Crippen molar-refractivity contribution < 1.29 is 9.90 Å². The molecule has 1 atom stereocenters. The molecule has 0 fully saturated rings. The highest BCUT2D eigenvalue weighted by Crippen LogP contribution is 2.39. The van der Waals surface area contributed by atoms with Crippen LogP contribution in [0.25, 0.3) is 21.5 Å². The van der Waals surface area contributed by atoms with Gasteiger partial charge in [-0.15, -0.1) is 0 Å². The number of hydrogen-bond acceptors (Lipinski definition) is 2. The molecule has 3 aromatic rings. The average Bonchev–Trinajstić information content (AvgIpc) is 2.70. The number of aliphatic hydroxyl groups is 1. The van der Waals surface area contributed by atoms with E-state index in [4.69, 9.17) is 7.85 Å². The lowest BCUT2D eigenvalue weighted by molar-refractivity contribution is 0.0768. The Morgan fingerprint density at radius 2 is 1.63 bits per heavy atom. The zero-order valence-electron chi connectivity index (χ0n) is 10.1. The largest absolute Gasteiger partial charge is 0.380 e. The summed E-state index contributed by atoms with van der Waals surface area (Å²) in [5, 5.41) is 13.4. The molecule has 0 amide bonds. The van der Waals surface area contributed by atoms with Crippen LogP contribution in [0.15, 0.2) is 42.5 Å². The molecule has 4 rings (SSSR count). The molecular formula is C16H9BO2. The van der Waals surface area contributed by atoms with Gasteiger partial charge in [-0.1, -0.05) is 47.9 Å². The highest BCUT2D eigenvalue weighted by molar-refractivity contribution is 6.47. The Bertz CT molecular complexity index is 867. The molecule has 3 heteroatoms. The van der Waals surface area contributed by atoms with Crippen molar-refractivity contribution >= 4 is 40.6 Å². The molecule has 2 nitrogen and oxygen atoms in total. The summed E-state index contributed by atoms with van der Waals surface area (Å²) in [6.07, 6.45) is -1.07. The summed E-state index contributed by atoms with van der Waals surface area (Å²) >= 11 is 0. The fourth-order valence-electron chi connectivity index (χ4n) is 3.05. The van der Waals surface area contributed by atoms with Crippen LogP contribution in [0.3, 0.4) is 0 Å². The van der Waals surface area contributed by atoms with Gasteiger partial charge in [-0.25, -0.2) is 0 Å². The third kappa shape index (κ3) is 1.18. The summed E-state index contributed by atoms with van der Waals surface area (Å²) in [5.41, 5.74) is 1.93. The van der Waals surface area contributed by atoms with Crippen LogP contribution in [-0.4, -0.2) is 18.7 Å². The first-order chi connectivity index (χ1) is 9.20. The van der Waals surface area contributed by atoms with E-state index in [1.807, 2.05) is 36.4 Å². The third-order valence-electron chi connectivity index (χ3n) is 3.91. The molecule has 1 aliphatic rings. The molecule has 0 bridgehead atoms. The predicted molar refractivity (Wildman–Crippen MR) is 76.1 cm³/mol. The van der Waals surface area contributed by atoms with Crippen LogP contribution in [0.2, 0.25) is 0 Å². The summed E-state index contributed by atoms with van der Waals surface area (Å²) in [5.74, 6) is -0.234. The van der Waals surface area contributed by atoms with E-state index < -0.39 is 6.10 Å². The van der Waals surface area contributed by atoms with E-state index in [1.54, 1.807) is 6.07 Å². The predicted octanol–water partition coefficient (Wildman–Crippen LogP) is 2.02. The van der Waals surface area contributed by atoms with Crippen molar-refractivity contribution in [3.8, 4) is 0 Å². The normalized spacial score (nSPS) is 17.5. The van der Waals surface area contributed by atoms with Crippen LogP contribution < -0.4 is 5.46 Å². The summed E-state index contributed by atoms with van der Waals surface area (Å²) in [4.78, 5) is 12.3. The quantitative estimate of drug-likeness (QED) is 0.485. The van der Waals surface area contributed by atoms with E-state index in [0.717, 1.165) is 21.5 Å². The van der Waals surface area contributed by atoms with Crippen LogP contribution in [-0.2, 0) is 0 Å². The number of carbonyl (C=O) groups excluding carboxylic acids is 1. The number of ketones is 1. The molecule has 0 heterocycles. The lowest BCUT2D eigenvalue weighted by Crippen LogP contribution is -2.09. The lowest BCUT2D eigenvalue weighted by atomic mass is 9.83. The minimum atomic E-state index is -1.07. The van der Waals surface area contributed by atoms with Crippen molar-refractivity contribution in [3.05, 3.63) is 53.6 Å². The Balaban J connectivity index is 2.39. The topological polar surface area (TPSA) is 37.3 Å². The Hall–Kier alpha value is -2.13. The van der Waals surface area contributed by atoms with Gasteiger partial charge in [0.15, 0.2) is 5.78 Å². The Morgan fingerprint density at radius 3 is 2.42 bits per heavy atom. The molecule has 1 aliphatic carbocycles. The van der Waals surface area contributed by atoms with Gasteiger partial charge in [0.2, 0.25) is 0 Å².